The highest BCUT2D eigenvalue weighted by atomic mass is 15.1. The highest BCUT2D eigenvalue weighted by molar-refractivity contribution is 5.81. The number of fused-ring (bicyclic) bond motifs is 1. The standard InChI is InChI=1S/C21H15N5/c1-13-17(10-22)20(15-7-8-19-16(9-15)12-24-26-19)18(11-23)21(25-13)14-5-3-2-4-6-14/h2-9,12,20,25H,1H3,(H,24,26). The number of H-pyrrole nitrogens is 1. The maximum absolute atomic E-state index is 9.93. The summed E-state index contributed by atoms with van der Waals surface area (Å²) < 4.78 is 0. The van der Waals surface area contributed by atoms with E-state index in [2.05, 4.69) is 27.7 Å². The normalized spacial score (nSPS) is 17.0. The van der Waals surface area contributed by atoms with Crippen LogP contribution in [0.25, 0.3) is 16.6 Å². The summed E-state index contributed by atoms with van der Waals surface area (Å²) in [6, 6.07) is 20.2. The number of allylic oxidation sites excluding steroid dienone is 3. The first kappa shape index (κ1) is 15.7. The summed E-state index contributed by atoms with van der Waals surface area (Å²) in [5.74, 6) is -0.402. The molecule has 0 amide bonds. The van der Waals surface area contributed by atoms with Crippen molar-refractivity contribution >= 4 is 16.6 Å². The number of dihydropyridines is 1. The second-order valence-corrected chi connectivity index (χ2v) is 6.19. The van der Waals surface area contributed by atoms with Crippen LogP contribution in [0.5, 0.6) is 0 Å². The van der Waals surface area contributed by atoms with Crippen molar-refractivity contribution in [3.05, 3.63) is 82.7 Å². The smallest absolute Gasteiger partial charge is 0.0979 e. The van der Waals surface area contributed by atoms with Crippen LogP contribution in [0.4, 0.5) is 0 Å². The molecule has 2 N–H and O–H groups in total. The zero-order valence-electron chi connectivity index (χ0n) is 14.1. The number of nitrogens with zero attached hydrogens (tertiary/aromatic N) is 3. The fourth-order valence-electron chi connectivity index (χ4n) is 3.40. The molecular formula is C21H15N5. The van der Waals surface area contributed by atoms with Crippen LogP contribution in [-0.4, -0.2) is 10.2 Å². The van der Waals surface area contributed by atoms with Gasteiger partial charge in [-0.3, -0.25) is 5.10 Å². The molecule has 1 aromatic heterocycles. The summed E-state index contributed by atoms with van der Waals surface area (Å²) in [5.41, 5.74) is 5.37. The Morgan fingerprint density at radius 2 is 1.77 bits per heavy atom. The van der Waals surface area contributed by atoms with Crippen molar-refractivity contribution in [2.75, 3.05) is 0 Å². The fraction of sp³-hybridized carbons (Fsp3) is 0.0952. The third-order valence-electron chi connectivity index (χ3n) is 4.66. The molecule has 0 fully saturated rings. The molecule has 0 spiro atoms. The van der Waals surface area contributed by atoms with Crippen molar-refractivity contribution < 1.29 is 0 Å². The van der Waals surface area contributed by atoms with E-state index in [0.717, 1.165) is 33.4 Å². The lowest BCUT2D eigenvalue weighted by molar-refractivity contribution is 0.880. The Balaban J connectivity index is 1.95. The van der Waals surface area contributed by atoms with Gasteiger partial charge in [-0.2, -0.15) is 15.6 Å². The predicted molar refractivity (Wildman–Crippen MR) is 99.3 cm³/mol. The van der Waals surface area contributed by atoms with E-state index in [1.54, 1.807) is 6.20 Å². The molecule has 4 rings (SSSR count). The van der Waals surface area contributed by atoms with Crippen LogP contribution < -0.4 is 5.32 Å². The van der Waals surface area contributed by atoms with E-state index >= 15 is 0 Å². The highest BCUT2D eigenvalue weighted by Crippen LogP contribution is 2.40. The third-order valence-corrected chi connectivity index (χ3v) is 4.66. The molecule has 0 saturated heterocycles. The van der Waals surface area contributed by atoms with Gasteiger partial charge in [0.05, 0.1) is 46.6 Å². The van der Waals surface area contributed by atoms with Crippen molar-refractivity contribution in [2.45, 2.75) is 12.8 Å². The Kier molecular flexibility index (Phi) is 3.76. The molecule has 0 bridgehead atoms. The maximum Gasteiger partial charge on any atom is 0.0979 e. The molecule has 5 heteroatoms. The Morgan fingerprint density at radius 1 is 1.00 bits per heavy atom. The van der Waals surface area contributed by atoms with Crippen molar-refractivity contribution in [1.82, 2.24) is 15.5 Å². The Labute approximate surface area is 150 Å². The first-order chi connectivity index (χ1) is 12.7. The summed E-state index contributed by atoms with van der Waals surface area (Å²) in [4.78, 5) is 0. The Bertz CT molecular complexity index is 1140. The van der Waals surface area contributed by atoms with Gasteiger partial charge in [-0.15, -0.1) is 0 Å². The van der Waals surface area contributed by atoms with Gasteiger partial charge in [0.25, 0.3) is 0 Å². The second-order valence-electron chi connectivity index (χ2n) is 6.19. The molecule has 1 aliphatic heterocycles. The number of hydrogen-bond acceptors (Lipinski definition) is 4. The van der Waals surface area contributed by atoms with E-state index in [1.165, 1.54) is 0 Å². The van der Waals surface area contributed by atoms with Crippen LogP contribution in [0.2, 0.25) is 0 Å². The van der Waals surface area contributed by atoms with Crippen LogP contribution in [0.3, 0.4) is 0 Å². The summed E-state index contributed by atoms with van der Waals surface area (Å²) in [6.07, 6.45) is 1.75. The monoisotopic (exact) mass is 337 g/mol. The summed E-state index contributed by atoms with van der Waals surface area (Å²) >= 11 is 0. The molecule has 0 radical (unpaired) electrons. The number of aromatic amines is 1. The molecule has 1 unspecified atom stereocenters. The van der Waals surface area contributed by atoms with Gasteiger partial charge in [0.15, 0.2) is 0 Å². The first-order valence-electron chi connectivity index (χ1n) is 8.23. The number of rotatable bonds is 2. The van der Waals surface area contributed by atoms with Crippen LogP contribution >= 0.6 is 0 Å². The third kappa shape index (κ3) is 2.44. The molecule has 2 aromatic carbocycles. The van der Waals surface area contributed by atoms with E-state index in [4.69, 9.17) is 0 Å². The van der Waals surface area contributed by atoms with Crippen LogP contribution in [0.1, 0.15) is 24.0 Å². The minimum absolute atomic E-state index is 0.402. The molecule has 2 heterocycles. The minimum atomic E-state index is -0.402. The number of nitriles is 2. The average molecular weight is 337 g/mol. The summed E-state index contributed by atoms with van der Waals surface area (Å²) in [7, 11) is 0. The lowest BCUT2D eigenvalue weighted by Crippen LogP contribution is -2.24. The maximum atomic E-state index is 9.93. The van der Waals surface area contributed by atoms with Crippen LogP contribution in [0, 0.1) is 22.7 Å². The Hall–Kier alpha value is -3.83. The molecule has 3 aromatic rings. The first-order valence-corrected chi connectivity index (χ1v) is 8.23. The quantitative estimate of drug-likeness (QED) is 0.740. The molecule has 0 saturated carbocycles. The molecule has 1 aliphatic rings. The van der Waals surface area contributed by atoms with Crippen LogP contribution in [0.15, 0.2) is 71.6 Å². The topological polar surface area (TPSA) is 88.3 Å². The van der Waals surface area contributed by atoms with E-state index < -0.39 is 5.92 Å². The van der Waals surface area contributed by atoms with Gasteiger partial charge in [-0.25, -0.2) is 0 Å². The number of hydrogen-bond donors (Lipinski definition) is 2. The predicted octanol–water partition coefficient (Wildman–Crippen LogP) is 3.98. The fourth-order valence-corrected chi connectivity index (χ4v) is 3.40. The van der Waals surface area contributed by atoms with E-state index in [1.807, 2.05) is 55.5 Å². The van der Waals surface area contributed by atoms with Gasteiger partial charge in [0.1, 0.15) is 0 Å². The van der Waals surface area contributed by atoms with Crippen LogP contribution in [-0.2, 0) is 0 Å². The van der Waals surface area contributed by atoms with Crippen molar-refractivity contribution in [1.29, 1.82) is 10.5 Å². The van der Waals surface area contributed by atoms with E-state index in [9.17, 15) is 10.5 Å². The SMILES string of the molecule is CC1=C(C#N)C(c2ccc3[nH]ncc3c2)C(C#N)=C(c2ccccc2)N1. The van der Waals surface area contributed by atoms with Gasteiger partial charge >= 0.3 is 0 Å². The van der Waals surface area contributed by atoms with Gasteiger partial charge in [0.2, 0.25) is 0 Å². The highest BCUT2D eigenvalue weighted by Gasteiger charge is 2.31. The van der Waals surface area contributed by atoms with Gasteiger partial charge in [-0.05, 0) is 30.2 Å². The van der Waals surface area contributed by atoms with Crippen molar-refractivity contribution in [2.24, 2.45) is 0 Å². The molecule has 1 atom stereocenters. The number of nitrogens with one attached hydrogen (secondary N) is 2. The van der Waals surface area contributed by atoms with Crippen molar-refractivity contribution in [3.63, 3.8) is 0 Å². The zero-order chi connectivity index (χ0) is 18.1. The number of aromatic nitrogens is 2. The summed E-state index contributed by atoms with van der Waals surface area (Å²) in [6.45, 7) is 1.87. The van der Waals surface area contributed by atoms with E-state index in [0.29, 0.717) is 11.1 Å². The molecule has 26 heavy (non-hydrogen) atoms. The van der Waals surface area contributed by atoms with Gasteiger partial charge in [0, 0.05) is 11.1 Å². The second kappa shape index (κ2) is 6.23. The molecule has 124 valence electrons. The lowest BCUT2D eigenvalue weighted by Gasteiger charge is -2.28. The number of benzene rings is 2. The van der Waals surface area contributed by atoms with Gasteiger partial charge < -0.3 is 5.32 Å². The molecule has 0 aliphatic carbocycles. The Morgan fingerprint density at radius 3 is 2.50 bits per heavy atom. The minimum Gasteiger partial charge on any atom is -0.357 e. The summed E-state index contributed by atoms with van der Waals surface area (Å²) in [5, 5.41) is 30.9. The molecular weight excluding hydrogens is 322 g/mol. The zero-order valence-corrected chi connectivity index (χ0v) is 14.1. The average Bonchev–Trinajstić information content (AvgIpc) is 3.15. The van der Waals surface area contributed by atoms with Gasteiger partial charge in [-0.1, -0.05) is 36.4 Å². The lowest BCUT2D eigenvalue weighted by atomic mass is 9.80. The molecule has 5 nitrogen and oxygen atoms in total. The largest absolute Gasteiger partial charge is 0.357 e. The van der Waals surface area contributed by atoms with E-state index in [-0.39, 0.29) is 0 Å². The van der Waals surface area contributed by atoms with Crippen molar-refractivity contribution in [3.8, 4) is 12.1 Å².